The molecule has 0 aromatic carbocycles. The van der Waals surface area contributed by atoms with E-state index in [1.165, 1.54) is 25.7 Å². The van der Waals surface area contributed by atoms with Gasteiger partial charge in [0.2, 0.25) is 0 Å². The Bertz CT molecular complexity index is 695. The number of ether oxygens (including phenoxy) is 1. The lowest BCUT2D eigenvalue weighted by atomic mass is 9.93. The normalized spacial score (nSPS) is 27.8. The predicted molar refractivity (Wildman–Crippen MR) is 114 cm³/mol. The average molecular weight is 404 g/mol. The fraction of sp³-hybridized carbons (Fsp3) is 0.857. The molecule has 2 bridgehead atoms. The minimum Gasteiger partial charge on any atom is -0.385 e. The second kappa shape index (κ2) is 9.43. The van der Waals surface area contributed by atoms with Crippen molar-refractivity contribution in [3.8, 4) is 0 Å². The topological polar surface area (TPSA) is 70.8 Å². The SMILES string of the molecule is COCCCNC(=NCc1nnc(C)n1C)N1CCN(C2CC3CCC2C3)CC1. The van der Waals surface area contributed by atoms with Gasteiger partial charge in [-0.3, -0.25) is 4.90 Å². The quantitative estimate of drug-likeness (QED) is 0.422. The number of aryl methyl sites for hydroxylation is 1. The van der Waals surface area contributed by atoms with Gasteiger partial charge in [-0.15, -0.1) is 10.2 Å². The number of guanidine groups is 1. The molecule has 1 N–H and O–H groups in total. The van der Waals surface area contributed by atoms with Crippen molar-refractivity contribution in [1.29, 1.82) is 0 Å². The summed E-state index contributed by atoms with van der Waals surface area (Å²) in [6.45, 7) is 8.54. The average Bonchev–Trinajstić information content (AvgIpc) is 3.46. The highest BCUT2D eigenvalue weighted by Crippen LogP contribution is 2.46. The Kier molecular flexibility index (Phi) is 6.70. The van der Waals surface area contributed by atoms with Gasteiger partial charge in [0, 0.05) is 59.5 Å². The fourth-order valence-electron chi connectivity index (χ4n) is 5.34. The van der Waals surface area contributed by atoms with Crippen molar-refractivity contribution in [2.24, 2.45) is 23.9 Å². The lowest BCUT2D eigenvalue weighted by Crippen LogP contribution is -2.55. The maximum Gasteiger partial charge on any atom is 0.194 e. The Balaban J connectivity index is 1.35. The zero-order valence-electron chi connectivity index (χ0n) is 18.3. The molecule has 8 heteroatoms. The minimum atomic E-state index is 0.552. The van der Waals surface area contributed by atoms with E-state index in [2.05, 4.69) is 25.3 Å². The summed E-state index contributed by atoms with van der Waals surface area (Å²) < 4.78 is 7.20. The van der Waals surface area contributed by atoms with Crippen LogP contribution in [-0.2, 0) is 18.3 Å². The second-order valence-corrected chi connectivity index (χ2v) is 8.90. The van der Waals surface area contributed by atoms with Crippen LogP contribution in [0.5, 0.6) is 0 Å². The van der Waals surface area contributed by atoms with Crippen LogP contribution < -0.4 is 5.32 Å². The molecule has 2 saturated carbocycles. The fourth-order valence-corrected chi connectivity index (χ4v) is 5.34. The number of nitrogens with one attached hydrogen (secondary N) is 1. The molecule has 0 radical (unpaired) electrons. The first kappa shape index (κ1) is 20.6. The number of aliphatic imine (C=N–C) groups is 1. The van der Waals surface area contributed by atoms with Crippen LogP contribution >= 0.6 is 0 Å². The molecule has 1 aliphatic heterocycles. The number of piperazine rings is 1. The van der Waals surface area contributed by atoms with Crippen molar-refractivity contribution in [2.75, 3.05) is 46.4 Å². The summed E-state index contributed by atoms with van der Waals surface area (Å²) in [5.41, 5.74) is 0. The lowest BCUT2D eigenvalue weighted by Gasteiger charge is -2.42. The molecular formula is C21H37N7O. The van der Waals surface area contributed by atoms with E-state index in [9.17, 15) is 0 Å². The van der Waals surface area contributed by atoms with E-state index < -0.39 is 0 Å². The second-order valence-electron chi connectivity index (χ2n) is 8.90. The summed E-state index contributed by atoms with van der Waals surface area (Å²) in [4.78, 5) is 10.1. The van der Waals surface area contributed by atoms with Crippen LogP contribution in [0.25, 0.3) is 0 Å². The molecule has 2 aliphatic carbocycles. The standard InChI is InChI=1S/C21H37N7O/c1-16-24-25-20(26(16)2)15-23-21(22-7-4-12-29-3)28-10-8-27(9-11-28)19-14-17-5-6-18(19)13-17/h17-19H,4-15H2,1-3H3,(H,22,23). The van der Waals surface area contributed by atoms with Crippen LogP contribution in [0.15, 0.2) is 4.99 Å². The minimum absolute atomic E-state index is 0.552. The maximum atomic E-state index is 5.19. The zero-order valence-corrected chi connectivity index (χ0v) is 18.3. The van der Waals surface area contributed by atoms with Gasteiger partial charge in [-0.25, -0.2) is 4.99 Å². The smallest absolute Gasteiger partial charge is 0.194 e. The van der Waals surface area contributed by atoms with Crippen molar-refractivity contribution < 1.29 is 4.74 Å². The van der Waals surface area contributed by atoms with E-state index in [4.69, 9.17) is 9.73 Å². The summed E-state index contributed by atoms with van der Waals surface area (Å²) in [7, 11) is 3.75. The predicted octanol–water partition coefficient (Wildman–Crippen LogP) is 1.41. The number of aromatic nitrogens is 3. The first-order valence-electron chi connectivity index (χ1n) is 11.3. The number of fused-ring (bicyclic) bond motifs is 2. The number of nitrogens with zero attached hydrogens (tertiary/aromatic N) is 6. The van der Waals surface area contributed by atoms with Crippen molar-refractivity contribution in [1.82, 2.24) is 29.9 Å². The summed E-state index contributed by atoms with van der Waals surface area (Å²) in [6, 6.07) is 0.840. The van der Waals surface area contributed by atoms with Gasteiger partial charge in [0.15, 0.2) is 11.8 Å². The van der Waals surface area contributed by atoms with Crippen LogP contribution in [0, 0.1) is 18.8 Å². The Morgan fingerprint density at radius 1 is 1.17 bits per heavy atom. The highest BCUT2D eigenvalue weighted by atomic mass is 16.5. The lowest BCUT2D eigenvalue weighted by molar-refractivity contribution is 0.0957. The maximum absolute atomic E-state index is 5.19. The van der Waals surface area contributed by atoms with E-state index in [0.29, 0.717) is 6.54 Å². The Hall–Kier alpha value is -1.67. The summed E-state index contributed by atoms with van der Waals surface area (Å²) in [6.07, 6.45) is 6.83. The van der Waals surface area contributed by atoms with Gasteiger partial charge < -0.3 is 19.5 Å². The van der Waals surface area contributed by atoms with E-state index >= 15 is 0 Å². The van der Waals surface area contributed by atoms with Gasteiger partial charge in [-0.05, 0) is 44.4 Å². The van der Waals surface area contributed by atoms with Crippen LogP contribution in [-0.4, -0.2) is 83.0 Å². The van der Waals surface area contributed by atoms with Gasteiger partial charge >= 0.3 is 0 Å². The molecule has 2 heterocycles. The van der Waals surface area contributed by atoms with Crippen molar-refractivity contribution in [3.63, 3.8) is 0 Å². The Morgan fingerprint density at radius 2 is 2.00 bits per heavy atom. The molecule has 3 fully saturated rings. The molecule has 1 aromatic rings. The summed E-state index contributed by atoms with van der Waals surface area (Å²) >= 11 is 0. The monoisotopic (exact) mass is 403 g/mol. The van der Waals surface area contributed by atoms with Crippen molar-refractivity contribution >= 4 is 5.96 Å². The summed E-state index contributed by atoms with van der Waals surface area (Å²) in [5, 5.41) is 12.0. The number of rotatable bonds is 7. The molecule has 3 unspecified atom stereocenters. The van der Waals surface area contributed by atoms with Crippen LogP contribution in [0.2, 0.25) is 0 Å². The third-order valence-corrected chi connectivity index (χ3v) is 7.14. The van der Waals surface area contributed by atoms with Crippen molar-refractivity contribution in [3.05, 3.63) is 11.6 Å². The van der Waals surface area contributed by atoms with Crippen molar-refractivity contribution in [2.45, 2.75) is 51.6 Å². The molecule has 162 valence electrons. The molecule has 1 aromatic heterocycles. The first-order chi connectivity index (χ1) is 14.2. The van der Waals surface area contributed by atoms with E-state index in [1.54, 1.807) is 7.11 Å². The highest BCUT2D eigenvalue weighted by Gasteiger charge is 2.42. The third kappa shape index (κ3) is 4.74. The molecule has 3 aliphatic rings. The Labute approximate surface area is 174 Å². The number of methoxy groups -OCH3 is 1. The van der Waals surface area contributed by atoms with Crippen LogP contribution in [0.4, 0.5) is 0 Å². The van der Waals surface area contributed by atoms with Crippen LogP contribution in [0.1, 0.15) is 43.8 Å². The van der Waals surface area contributed by atoms with Gasteiger partial charge in [-0.2, -0.15) is 0 Å². The van der Waals surface area contributed by atoms with Gasteiger partial charge in [-0.1, -0.05) is 6.42 Å². The molecule has 29 heavy (non-hydrogen) atoms. The molecule has 3 atom stereocenters. The third-order valence-electron chi connectivity index (χ3n) is 7.14. The summed E-state index contributed by atoms with van der Waals surface area (Å²) in [5.74, 6) is 4.79. The molecule has 1 saturated heterocycles. The van der Waals surface area contributed by atoms with E-state index in [-0.39, 0.29) is 0 Å². The Morgan fingerprint density at radius 3 is 2.62 bits per heavy atom. The molecular weight excluding hydrogens is 366 g/mol. The molecule has 4 rings (SSSR count). The van der Waals surface area contributed by atoms with E-state index in [1.807, 2.05) is 18.5 Å². The molecule has 0 spiro atoms. The van der Waals surface area contributed by atoms with Gasteiger partial charge in [0.1, 0.15) is 12.4 Å². The molecule has 8 nitrogen and oxygen atoms in total. The first-order valence-corrected chi connectivity index (χ1v) is 11.3. The highest BCUT2D eigenvalue weighted by molar-refractivity contribution is 5.80. The number of hydrogen-bond donors (Lipinski definition) is 1. The number of hydrogen-bond acceptors (Lipinski definition) is 5. The van der Waals surface area contributed by atoms with Crippen LogP contribution in [0.3, 0.4) is 0 Å². The largest absolute Gasteiger partial charge is 0.385 e. The van der Waals surface area contributed by atoms with E-state index in [0.717, 1.165) is 81.2 Å². The molecule has 0 amide bonds. The van der Waals surface area contributed by atoms with Gasteiger partial charge in [0.05, 0.1) is 0 Å². The van der Waals surface area contributed by atoms with Gasteiger partial charge in [0.25, 0.3) is 0 Å². The zero-order chi connectivity index (χ0) is 20.2.